The Morgan fingerprint density at radius 3 is 2.95 bits per heavy atom. The summed E-state index contributed by atoms with van der Waals surface area (Å²) in [6.07, 6.45) is 2.43. The molecule has 21 heavy (non-hydrogen) atoms. The van der Waals surface area contributed by atoms with Crippen molar-refractivity contribution in [3.05, 3.63) is 58.0 Å². The molecule has 4 nitrogen and oxygen atoms in total. The molecule has 1 aliphatic heterocycles. The molecular formula is C16H16N2O2S. The minimum absolute atomic E-state index is 0.197. The van der Waals surface area contributed by atoms with Gasteiger partial charge in [0.25, 0.3) is 5.91 Å². The first-order chi connectivity index (χ1) is 10.2. The number of anilines is 1. The van der Waals surface area contributed by atoms with Crippen LogP contribution in [0.4, 0.5) is 5.69 Å². The van der Waals surface area contributed by atoms with Crippen molar-refractivity contribution in [2.75, 3.05) is 17.2 Å². The standard InChI is InChI=1S/C16H16N2O2S/c1-11-9-14(19)12(10-17-11)16(20)18-7-4-8-21-15-6-3-2-5-13(15)18/h2-3,5-6,9-10H,4,7-8H2,1H3,(H,17,19). The summed E-state index contributed by atoms with van der Waals surface area (Å²) in [7, 11) is 0. The molecule has 2 aromatic rings. The van der Waals surface area contributed by atoms with Gasteiger partial charge in [0.2, 0.25) is 0 Å². The molecule has 5 heteroatoms. The summed E-state index contributed by atoms with van der Waals surface area (Å²) in [4.78, 5) is 30.5. The topological polar surface area (TPSA) is 53.2 Å². The molecule has 0 spiro atoms. The summed E-state index contributed by atoms with van der Waals surface area (Å²) in [5.74, 6) is 0.747. The van der Waals surface area contributed by atoms with E-state index in [9.17, 15) is 9.59 Å². The summed E-state index contributed by atoms with van der Waals surface area (Å²) in [5, 5.41) is 0. The molecule has 0 radical (unpaired) electrons. The Hall–Kier alpha value is -2.01. The van der Waals surface area contributed by atoms with Gasteiger partial charge in [0.1, 0.15) is 5.56 Å². The Kier molecular flexibility index (Phi) is 3.84. The van der Waals surface area contributed by atoms with Crippen LogP contribution in [0, 0.1) is 6.92 Å². The number of thioether (sulfide) groups is 1. The van der Waals surface area contributed by atoms with E-state index < -0.39 is 0 Å². The molecule has 2 heterocycles. The van der Waals surface area contributed by atoms with Crippen molar-refractivity contribution in [1.29, 1.82) is 0 Å². The molecule has 0 saturated carbocycles. The monoisotopic (exact) mass is 300 g/mol. The molecule has 0 bridgehead atoms. The molecule has 108 valence electrons. The van der Waals surface area contributed by atoms with Crippen LogP contribution in [0.25, 0.3) is 0 Å². The van der Waals surface area contributed by atoms with Gasteiger partial charge in [-0.1, -0.05) is 12.1 Å². The summed E-state index contributed by atoms with van der Waals surface area (Å²) in [6, 6.07) is 9.31. The second-order valence-electron chi connectivity index (χ2n) is 5.02. The van der Waals surface area contributed by atoms with Crippen LogP contribution in [0.1, 0.15) is 22.5 Å². The van der Waals surface area contributed by atoms with E-state index in [1.54, 1.807) is 23.6 Å². The van der Waals surface area contributed by atoms with Crippen molar-refractivity contribution in [3.8, 4) is 0 Å². The first-order valence-corrected chi connectivity index (χ1v) is 7.88. The van der Waals surface area contributed by atoms with Crippen LogP contribution >= 0.6 is 11.8 Å². The fourth-order valence-electron chi connectivity index (χ4n) is 2.42. The number of hydrogen-bond acceptors (Lipinski definition) is 3. The number of rotatable bonds is 1. The zero-order valence-electron chi connectivity index (χ0n) is 11.8. The summed E-state index contributed by atoms with van der Waals surface area (Å²) in [6.45, 7) is 2.43. The van der Waals surface area contributed by atoms with E-state index in [2.05, 4.69) is 4.98 Å². The maximum Gasteiger partial charge on any atom is 0.263 e. The number of para-hydroxylation sites is 1. The highest BCUT2D eigenvalue weighted by Crippen LogP contribution is 2.33. The zero-order valence-corrected chi connectivity index (χ0v) is 12.6. The Bertz CT molecular complexity index is 739. The number of aromatic amines is 1. The van der Waals surface area contributed by atoms with Gasteiger partial charge in [-0.15, -0.1) is 11.8 Å². The van der Waals surface area contributed by atoms with Crippen molar-refractivity contribution < 1.29 is 4.79 Å². The number of carbonyl (C=O) groups excluding carboxylic acids is 1. The van der Waals surface area contributed by atoms with Gasteiger partial charge in [-0.25, -0.2) is 0 Å². The lowest BCUT2D eigenvalue weighted by atomic mass is 10.2. The zero-order chi connectivity index (χ0) is 14.8. The normalized spacial score (nSPS) is 14.4. The number of benzene rings is 1. The number of nitrogens with zero attached hydrogens (tertiary/aromatic N) is 1. The Balaban J connectivity index is 2.03. The first kappa shape index (κ1) is 13.9. The van der Waals surface area contributed by atoms with E-state index >= 15 is 0 Å². The van der Waals surface area contributed by atoms with Gasteiger partial charge < -0.3 is 9.88 Å². The first-order valence-electron chi connectivity index (χ1n) is 6.90. The summed E-state index contributed by atoms with van der Waals surface area (Å²) >= 11 is 1.75. The number of H-pyrrole nitrogens is 1. The Morgan fingerprint density at radius 1 is 1.33 bits per heavy atom. The van der Waals surface area contributed by atoms with E-state index in [1.165, 1.54) is 12.3 Å². The third-order valence-electron chi connectivity index (χ3n) is 3.47. The van der Waals surface area contributed by atoms with Gasteiger partial charge in [0.05, 0.1) is 5.69 Å². The number of fused-ring (bicyclic) bond motifs is 1. The van der Waals surface area contributed by atoms with Crippen molar-refractivity contribution in [1.82, 2.24) is 4.98 Å². The smallest absolute Gasteiger partial charge is 0.263 e. The quantitative estimate of drug-likeness (QED) is 0.881. The van der Waals surface area contributed by atoms with Crippen LogP contribution in [0.3, 0.4) is 0 Å². The van der Waals surface area contributed by atoms with Crippen LogP contribution in [0.2, 0.25) is 0 Å². The van der Waals surface area contributed by atoms with Gasteiger partial charge in [-0.05, 0) is 31.2 Å². The van der Waals surface area contributed by atoms with Gasteiger partial charge in [0.15, 0.2) is 5.43 Å². The maximum atomic E-state index is 12.7. The minimum atomic E-state index is -0.231. The molecular weight excluding hydrogens is 284 g/mol. The second-order valence-corrected chi connectivity index (χ2v) is 6.16. The number of pyridine rings is 1. The van der Waals surface area contributed by atoms with Crippen LogP contribution in [0.5, 0.6) is 0 Å². The highest BCUT2D eigenvalue weighted by molar-refractivity contribution is 7.99. The van der Waals surface area contributed by atoms with Crippen molar-refractivity contribution >= 4 is 23.4 Å². The predicted octanol–water partition coefficient (Wildman–Crippen LogP) is 2.83. The number of hydrogen-bond donors (Lipinski definition) is 1. The van der Waals surface area contributed by atoms with E-state index in [-0.39, 0.29) is 16.9 Å². The van der Waals surface area contributed by atoms with Crippen LogP contribution in [0.15, 0.2) is 46.2 Å². The van der Waals surface area contributed by atoms with Gasteiger partial charge in [-0.2, -0.15) is 0 Å². The molecule has 0 atom stereocenters. The van der Waals surface area contributed by atoms with Crippen LogP contribution in [-0.2, 0) is 0 Å². The van der Waals surface area contributed by atoms with Crippen molar-refractivity contribution in [3.63, 3.8) is 0 Å². The fourth-order valence-corrected chi connectivity index (χ4v) is 3.42. The summed E-state index contributed by atoms with van der Waals surface area (Å²) in [5.41, 5.74) is 1.61. The Morgan fingerprint density at radius 2 is 2.14 bits per heavy atom. The molecule has 3 rings (SSSR count). The molecule has 0 saturated heterocycles. The van der Waals surface area contributed by atoms with Crippen LogP contribution < -0.4 is 10.3 Å². The van der Waals surface area contributed by atoms with E-state index in [4.69, 9.17) is 0 Å². The fraction of sp³-hybridized carbons (Fsp3) is 0.250. The third-order valence-corrected chi connectivity index (χ3v) is 4.62. The Labute approximate surface area is 127 Å². The average Bonchev–Trinajstić information content (AvgIpc) is 2.69. The van der Waals surface area contributed by atoms with Gasteiger partial charge in [0, 0.05) is 29.4 Å². The number of nitrogens with one attached hydrogen (secondary N) is 1. The molecule has 1 aliphatic rings. The average molecular weight is 300 g/mol. The molecule has 1 N–H and O–H groups in total. The number of amides is 1. The lowest BCUT2D eigenvalue weighted by Crippen LogP contribution is -2.35. The van der Waals surface area contributed by atoms with Crippen molar-refractivity contribution in [2.24, 2.45) is 0 Å². The maximum absolute atomic E-state index is 12.7. The van der Waals surface area contributed by atoms with E-state index in [1.807, 2.05) is 24.3 Å². The van der Waals surface area contributed by atoms with Gasteiger partial charge in [-0.3, -0.25) is 9.59 Å². The van der Waals surface area contributed by atoms with Crippen molar-refractivity contribution in [2.45, 2.75) is 18.2 Å². The molecule has 1 amide bonds. The number of aryl methyl sites for hydroxylation is 1. The van der Waals surface area contributed by atoms with Gasteiger partial charge >= 0.3 is 0 Å². The summed E-state index contributed by atoms with van der Waals surface area (Å²) < 4.78 is 0. The van der Waals surface area contributed by atoms with Crippen LogP contribution in [-0.4, -0.2) is 23.2 Å². The number of carbonyl (C=O) groups is 1. The largest absolute Gasteiger partial charge is 0.364 e. The number of aromatic nitrogens is 1. The predicted molar refractivity (Wildman–Crippen MR) is 85.3 cm³/mol. The lowest BCUT2D eigenvalue weighted by Gasteiger charge is -2.22. The second kappa shape index (κ2) is 5.77. The third kappa shape index (κ3) is 2.74. The van der Waals surface area contributed by atoms with E-state index in [0.29, 0.717) is 6.54 Å². The SMILES string of the molecule is Cc1cc(=O)c(C(=O)N2CCCSc3ccccc32)c[nH]1. The highest BCUT2D eigenvalue weighted by Gasteiger charge is 2.24. The minimum Gasteiger partial charge on any atom is -0.364 e. The molecule has 1 aromatic carbocycles. The molecule has 0 fully saturated rings. The lowest BCUT2D eigenvalue weighted by molar-refractivity contribution is 0.0985. The molecule has 0 unspecified atom stereocenters. The highest BCUT2D eigenvalue weighted by atomic mass is 32.2. The molecule has 0 aliphatic carbocycles. The van der Waals surface area contributed by atoms with E-state index in [0.717, 1.165) is 28.5 Å². The molecule has 1 aromatic heterocycles.